The topological polar surface area (TPSA) is 93.3 Å². The third kappa shape index (κ3) is 4.02. The first-order valence-corrected chi connectivity index (χ1v) is 8.64. The number of nitrogens with zero attached hydrogens (tertiary/aromatic N) is 1. The van der Waals surface area contributed by atoms with Crippen LogP contribution < -0.4 is 16.4 Å². The number of hydrogen-bond acceptors (Lipinski definition) is 4. The van der Waals surface area contributed by atoms with E-state index >= 15 is 0 Å². The summed E-state index contributed by atoms with van der Waals surface area (Å²) < 4.78 is 7.21. The van der Waals surface area contributed by atoms with E-state index in [1.807, 2.05) is 19.1 Å². The number of aromatic nitrogens is 1. The highest BCUT2D eigenvalue weighted by Crippen LogP contribution is 2.19. The van der Waals surface area contributed by atoms with Crippen molar-refractivity contribution >= 4 is 44.5 Å². The number of hydrogen-bond donors (Lipinski definition) is 2. The minimum absolute atomic E-state index is 0.196. The predicted molar refractivity (Wildman–Crippen MR) is 101 cm³/mol. The van der Waals surface area contributed by atoms with Crippen molar-refractivity contribution in [1.82, 2.24) is 9.88 Å². The highest BCUT2D eigenvalue weighted by atomic mass is 79.9. The van der Waals surface area contributed by atoms with E-state index in [0.717, 1.165) is 10.0 Å². The molecule has 7 nitrogen and oxygen atoms in total. The summed E-state index contributed by atoms with van der Waals surface area (Å²) in [6.45, 7) is 1.45. The number of halogens is 1. The van der Waals surface area contributed by atoms with Crippen molar-refractivity contribution < 1.29 is 14.0 Å². The Balaban J connectivity index is 1.59. The molecule has 3 rings (SSSR count). The lowest BCUT2D eigenvalue weighted by atomic mass is 10.2. The highest BCUT2D eigenvalue weighted by molar-refractivity contribution is 9.10. The zero-order valence-electron chi connectivity index (χ0n) is 13.9. The van der Waals surface area contributed by atoms with Gasteiger partial charge in [0, 0.05) is 10.2 Å². The Bertz CT molecular complexity index is 1040. The lowest BCUT2D eigenvalue weighted by molar-refractivity contribution is -0.124. The third-order valence-electron chi connectivity index (χ3n) is 3.78. The average Bonchev–Trinajstić information content (AvgIpc) is 2.91. The van der Waals surface area contributed by atoms with Gasteiger partial charge in [-0.1, -0.05) is 28.1 Å². The van der Waals surface area contributed by atoms with E-state index in [0.29, 0.717) is 16.8 Å². The summed E-state index contributed by atoms with van der Waals surface area (Å²) in [7, 11) is 0. The number of carbonyl (C=O) groups is 2. The van der Waals surface area contributed by atoms with Crippen LogP contribution in [0.5, 0.6) is 0 Å². The van der Waals surface area contributed by atoms with Gasteiger partial charge in [0.05, 0.1) is 12.1 Å². The van der Waals surface area contributed by atoms with Crippen LogP contribution in [0.25, 0.3) is 11.1 Å². The van der Waals surface area contributed by atoms with Crippen molar-refractivity contribution in [3.8, 4) is 0 Å². The molecular formula is C18H16BrN3O4. The molecular weight excluding hydrogens is 402 g/mol. The van der Waals surface area contributed by atoms with Crippen molar-refractivity contribution in [2.24, 2.45) is 0 Å². The summed E-state index contributed by atoms with van der Waals surface area (Å²) in [5, 5.41) is 5.23. The molecule has 8 heteroatoms. The second kappa shape index (κ2) is 7.57. The zero-order valence-corrected chi connectivity index (χ0v) is 15.5. The van der Waals surface area contributed by atoms with E-state index in [4.69, 9.17) is 4.42 Å². The number of benzene rings is 2. The van der Waals surface area contributed by atoms with Crippen LogP contribution in [-0.4, -0.2) is 22.9 Å². The zero-order chi connectivity index (χ0) is 18.7. The molecule has 134 valence electrons. The first kappa shape index (κ1) is 17.9. The Kier molecular flexibility index (Phi) is 5.22. The van der Waals surface area contributed by atoms with Crippen molar-refractivity contribution in [2.75, 3.05) is 11.9 Å². The second-order valence-corrected chi connectivity index (χ2v) is 6.62. The number of carbonyl (C=O) groups excluding carboxylic acids is 2. The fraction of sp³-hybridized carbons (Fsp3) is 0.167. The normalized spacial score (nSPS) is 10.7. The van der Waals surface area contributed by atoms with Crippen LogP contribution in [0.3, 0.4) is 0 Å². The molecule has 3 aromatic rings. The number of rotatable bonds is 5. The number of anilines is 1. The maximum absolute atomic E-state index is 12.1. The van der Waals surface area contributed by atoms with Crippen LogP contribution >= 0.6 is 15.9 Å². The van der Waals surface area contributed by atoms with Crippen molar-refractivity contribution in [3.63, 3.8) is 0 Å². The minimum atomic E-state index is -0.615. The molecule has 0 saturated heterocycles. The first-order chi connectivity index (χ1) is 12.4. The van der Waals surface area contributed by atoms with Gasteiger partial charge in [-0.15, -0.1) is 0 Å². The Labute approximate surface area is 157 Å². The van der Waals surface area contributed by atoms with E-state index in [9.17, 15) is 14.4 Å². The van der Waals surface area contributed by atoms with Crippen molar-refractivity contribution in [3.05, 3.63) is 63.1 Å². The van der Waals surface area contributed by atoms with E-state index in [2.05, 4.69) is 26.6 Å². The summed E-state index contributed by atoms with van der Waals surface area (Å²) in [4.78, 5) is 35.9. The molecule has 26 heavy (non-hydrogen) atoms. The van der Waals surface area contributed by atoms with Crippen LogP contribution in [0.4, 0.5) is 5.69 Å². The number of nitrogens with one attached hydrogen (secondary N) is 2. The first-order valence-electron chi connectivity index (χ1n) is 7.85. The number of aryl methyl sites for hydroxylation is 1. The molecule has 0 aliphatic carbocycles. The smallest absolute Gasteiger partial charge is 0.408 e. The average molecular weight is 418 g/mol. The third-order valence-corrected chi connectivity index (χ3v) is 4.28. The fourth-order valence-electron chi connectivity index (χ4n) is 2.50. The fourth-order valence-corrected chi connectivity index (χ4v) is 2.98. The predicted octanol–water partition coefficient (Wildman–Crippen LogP) is 2.42. The van der Waals surface area contributed by atoms with Crippen LogP contribution in [0.1, 0.15) is 5.56 Å². The maximum Gasteiger partial charge on any atom is 0.420 e. The molecule has 0 atom stereocenters. The summed E-state index contributed by atoms with van der Waals surface area (Å²) in [6, 6.07) is 12.3. The molecule has 0 fully saturated rings. The van der Waals surface area contributed by atoms with E-state index in [1.165, 1.54) is 4.57 Å². The molecule has 0 radical (unpaired) electrons. The van der Waals surface area contributed by atoms with Gasteiger partial charge in [0.1, 0.15) is 6.54 Å². The standard InChI is InChI=1S/C18H16BrN3O4/c1-11-8-12(19)6-7-13(11)21-16(23)9-20-17(24)10-22-14-4-2-3-5-15(14)26-18(22)25/h2-8H,9-10H2,1H3,(H,20,24)(H,21,23). The number of para-hydroxylation sites is 2. The van der Waals surface area contributed by atoms with Gasteiger partial charge >= 0.3 is 5.76 Å². The molecule has 0 bridgehead atoms. The summed E-state index contributed by atoms with van der Waals surface area (Å²) in [5.41, 5.74) is 2.51. The molecule has 0 spiro atoms. The monoisotopic (exact) mass is 417 g/mol. The summed E-state index contributed by atoms with van der Waals surface area (Å²) in [6.07, 6.45) is 0. The van der Waals surface area contributed by atoms with Gasteiger partial charge < -0.3 is 15.1 Å². The lowest BCUT2D eigenvalue weighted by Gasteiger charge is -2.10. The molecule has 0 unspecified atom stereocenters. The van der Waals surface area contributed by atoms with E-state index in [-0.39, 0.29) is 19.0 Å². The van der Waals surface area contributed by atoms with Crippen LogP contribution in [0.2, 0.25) is 0 Å². The Morgan fingerprint density at radius 1 is 1.15 bits per heavy atom. The second-order valence-electron chi connectivity index (χ2n) is 5.71. The van der Waals surface area contributed by atoms with Crippen LogP contribution in [0.15, 0.2) is 56.1 Å². The van der Waals surface area contributed by atoms with Crippen molar-refractivity contribution in [2.45, 2.75) is 13.5 Å². The minimum Gasteiger partial charge on any atom is -0.408 e. The highest BCUT2D eigenvalue weighted by Gasteiger charge is 2.13. The molecule has 0 aliphatic heterocycles. The van der Waals surface area contributed by atoms with Gasteiger partial charge in [-0.25, -0.2) is 4.79 Å². The summed E-state index contributed by atoms with van der Waals surface area (Å²) >= 11 is 3.36. The van der Waals surface area contributed by atoms with E-state index < -0.39 is 11.7 Å². The van der Waals surface area contributed by atoms with E-state index in [1.54, 1.807) is 30.3 Å². The molecule has 1 aromatic heterocycles. The maximum atomic E-state index is 12.1. The van der Waals surface area contributed by atoms with Gasteiger partial charge in [-0.05, 0) is 42.8 Å². The number of oxazole rings is 1. The van der Waals surface area contributed by atoms with Gasteiger partial charge in [-0.2, -0.15) is 0 Å². The molecule has 2 N–H and O–H groups in total. The molecule has 0 aliphatic rings. The van der Waals surface area contributed by atoms with Crippen molar-refractivity contribution in [1.29, 1.82) is 0 Å². The Morgan fingerprint density at radius 2 is 1.92 bits per heavy atom. The van der Waals surface area contributed by atoms with Gasteiger partial charge in [0.15, 0.2) is 5.58 Å². The lowest BCUT2D eigenvalue weighted by Crippen LogP contribution is -2.36. The van der Waals surface area contributed by atoms with Crippen LogP contribution in [0, 0.1) is 6.92 Å². The van der Waals surface area contributed by atoms with Crippen LogP contribution in [-0.2, 0) is 16.1 Å². The molecule has 1 heterocycles. The Morgan fingerprint density at radius 3 is 2.69 bits per heavy atom. The quantitative estimate of drug-likeness (QED) is 0.666. The largest absolute Gasteiger partial charge is 0.420 e. The number of amides is 2. The van der Waals surface area contributed by atoms with Gasteiger partial charge in [0.2, 0.25) is 11.8 Å². The van der Waals surface area contributed by atoms with Gasteiger partial charge in [-0.3, -0.25) is 14.2 Å². The summed E-state index contributed by atoms with van der Waals surface area (Å²) in [5.74, 6) is -1.43. The molecule has 2 amide bonds. The Hall–Kier alpha value is -2.87. The molecule has 2 aromatic carbocycles. The van der Waals surface area contributed by atoms with Gasteiger partial charge in [0.25, 0.3) is 0 Å². The SMILES string of the molecule is Cc1cc(Br)ccc1NC(=O)CNC(=O)Cn1c(=O)oc2ccccc21. The molecule has 0 saturated carbocycles. The number of fused-ring (bicyclic) bond motifs is 1.